The normalized spacial score (nSPS) is 16.5. The van der Waals surface area contributed by atoms with E-state index in [0.29, 0.717) is 11.7 Å². The lowest BCUT2D eigenvalue weighted by molar-refractivity contribution is -0.146. The van der Waals surface area contributed by atoms with Crippen LogP contribution in [0.4, 0.5) is 5.69 Å². The minimum Gasteiger partial charge on any atom is -0.508 e. The molecule has 0 spiro atoms. The smallest absolute Gasteiger partial charge is 0.308 e. The largest absolute Gasteiger partial charge is 0.508 e. The van der Waals surface area contributed by atoms with E-state index in [1.165, 1.54) is 7.11 Å². The van der Waals surface area contributed by atoms with Gasteiger partial charge in [-0.15, -0.1) is 0 Å². The molecule has 0 aliphatic carbocycles. The van der Waals surface area contributed by atoms with Crippen LogP contribution in [0.3, 0.4) is 0 Å². The zero-order valence-corrected chi connectivity index (χ0v) is 12.4. The minimum absolute atomic E-state index is 0.0122. The summed E-state index contributed by atoms with van der Waals surface area (Å²) in [5, 5.41) is 9.85. The van der Waals surface area contributed by atoms with E-state index in [1.54, 1.807) is 6.07 Å². The molecule has 0 bridgehead atoms. The zero-order chi connectivity index (χ0) is 14.7. The molecule has 1 fully saturated rings. The molecule has 1 N–H and O–H groups in total. The van der Waals surface area contributed by atoms with E-state index >= 15 is 0 Å². The van der Waals surface area contributed by atoms with Gasteiger partial charge in [0.25, 0.3) is 0 Å². The number of carbonyl (C=O) groups excluding carboxylic acids is 1. The maximum atomic E-state index is 11.5. The molecule has 0 aromatic heterocycles. The maximum Gasteiger partial charge on any atom is 0.308 e. The van der Waals surface area contributed by atoms with Crippen molar-refractivity contribution in [2.75, 3.05) is 25.1 Å². The number of carbonyl (C=O) groups is 1. The Labute approximate surface area is 120 Å². The topological polar surface area (TPSA) is 49.8 Å². The molecule has 0 saturated carbocycles. The van der Waals surface area contributed by atoms with Crippen molar-refractivity contribution in [3.63, 3.8) is 0 Å². The molecule has 1 heterocycles. The molecule has 0 unspecified atom stereocenters. The van der Waals surface area contributed by atoms with Crippen LogP contribution >= 0.6 is 0 Å². The molecule has 1 saturated heterocycles. The number of phenols is 1. The summed E-state index contributed by atoms with van der Waals surface area (Å²) in [6, 6.07) is 5.74. The summed E-state index contributed by atoms with van der Waals surface area (Å²) in [6.45, 7) is 5.87. The molecule has 0 atom stereocenters. The maximum absolute atomic E-state index is 11.5. The monoisotopic (exact) mass is 277 g/mol. The Morgan fingerprint density at radius 2 is 1.95 bits per heavy atom. The molecule has 2 rings (SSSR count). The highest BCUT2D eigenvalue weighted by Crippen LogP contribution is 2.30. The van der Waals surface area contributed by atoms with Gasteiger partial charge in [0, 0.05) is 24.8 Å². The van der Waals surface area contributed by atoms with Crippen molar-refractivity contribution in [3.8, 4) is 5.75 Å². The van der Waals surface area contributed by atoms with Crippen molar-refractivity contribution in [1.82, 2.24) is 0 Å². The van der Waals surface area contributed by atoms with Gasteiger partial charge in [-0.25, -0.2) is 0 Å². The van der Waals surface area contributed by atoms with Gasteiger partial charge in [-0.3, -0.25) is 4.79 Å². The van der Waals surface area contributed by atoms with Crippen molar-refractivity contribution in [1.29, 1.82) is 0 Å². The molecule has 1 aromatic rings. The molecular weight excluding hydrogens is 254 g/mol. The second-order valence-electron chi connectivity index (χ2n) is 5.72. The first-order chi connectivity index (χ1) is 9.51. The van der Waals surface area contributed by atoms with Gasteiger partial charge >= 0.3 is 5.97 Å². The fourth-order valence-corrected chi connectivity index (χ4v) is 2.67. The number of esters is 1. The summed E-state index contributed by atoms with van der Waals surface area (Å²) in [5.74, 6) is 0.594. The summed E-state index contributed by atoms with van der Waals surface area (Å²) in [6.07, 6.45) is 1.61. The number of piperidine rings is 1. The van der Waals surface area contributed by atoms with Crippen LogP contribution < -0.4 is 4.90 Å². The van der Waals surface area contributed by atoms with Gasteiger partial charge in [-0.1, -0.05) is 13.8 Å². The van der Waals surface area contributed by atoms with Gasteiger partial charge in [0.15, 0.2) is 0 Å². The van der Waals surface area contributed by atoms with Crippen LogP contribution in [-0.4, -0.2) is 31.3 Å². The van der Waals surface area contributed by atoms with Gasteiger partial charge in [0.1, 0.15) is 5.75 Å². The van der Waals surface area contributed by atoms with Crippen molar-refractivity contribution >= 4 is 11.7 Å². The number of hydrogen-bond donors (Lipinski definition) is 1. The van der Waals surface area contributed by atoms with Crippen molar-refractivity contribution < 1.29 is 14.6 Å². The Morgan fingerprint density at radius 3 is 2.50 bits per heavy atom. The molecule has 0 radical (unpaired) electrons. The summed E-state index contributed by atoms with van der Waals surface area (Å²) in [4.78, 5) is 13.8. The molecule has 110 valence electrons. The molecule has 1 aliphatic heterocycles. The van der Waals surface area contributed by atoms with Crippen molar-refractivity contribution in [2.24, 2.45) is 5.92 Å². The third-order valence-electron chi connectivity index (χ3n) is 3.99. The number of nitrogens with zero attached hydrogens (tertiary/aromatic N) is 1. The first-order valence-electron chi connectivity index (χ1n) is 7.18. The number of hydrogen-bond acceptors (Lipinski definition) is 4. The summed E-state index contributed by atoms with van der Waals surface area (Å²) < 4.78 is 4.80. The standard InChI is InChI=1S/C16H23NO3/c1-11(2)13-8-14(10-15(18)9-13)17-6-4-12(5-7-17)16(19)20-3/h8-12,18H,4-7H2,1-3H3. The van der Waals surface area contributed by atoms with E-state index in [9.17, 15) is 9.90 Å². The molecule has 0 amide bonds. The molecule has 20 heavy (non-hydrogen) atoms. The van der Waals surface area contributed by atoms with E-state index in [2.05, 4.69) is 24.8 Å². The second kappa shape index (κ2) is 6.16. The highest BCUT2D eigenvalue weighted by molar-refractivity contribution is 5.72. The third-order valence-corrected chi connectivity index (χ3v) is 3.99. The average molecular weight is 277 g/mol. The molecule has 4 nitrogen and oxygen atoms in total. The van der Waals surface area contributed by atoms with Crippen LogP contribution in [-0.2, 0) is 9.53 Å². The quantitative estimate of drug-likeness (QED) is 0.863. The predicted molar refractivity (Wildman–Crippen MR) is 79.1 cm³/mol. The number of methoxy groups -OCH3 is 1. The molecule has 1 aromatic carbocycles. The Bertz CT molecular complexity index is 477. The summed E-state index contributed by atoms with van der Waals surface area (Å²) in [5.41, 5.74) is 2.17. The van der Waals surface area contributed by atoms with Gasteiger partial charge in [0.2, 0.25) is 0 Å². The van der Waals surface area contributed by atoms with Gasteiger partial charge in [-0.2, -0.15) is 0 Å². The van der Waals surface area contributed by atoms with E-state index in [4.69, 9.17) is 4.74 Å². The lowest BCUT2D eigenvalue weighted by Gasteiger charge is -2.33. The number of rotatable bonds is 3. The first-order valence-corrected chi connectivity index (χ1v) is 7.18. The zero-order valence-electron chi connectivity index (χ0n) is 12.4. The van der Waals surface area contributed by atoms with Crippen LogP contribution in [0.5, 0.6) is 5.75 Å². The summed E-state index contributed by atoms with van der Waals surface area (Å²) in [7, 11) is 1.44. The number of phenolic OH excluding ortho intramolecular Hbond substituents is 1. The lowest BCUT2D eigenvalue weighted by Crippen LogP contribution is -2.36. The minimum atomic E-state index is -0.108. The van der Waals surface area contributed by atoms with E-state index in [1.807, 2.05) is 6.07 Å². The van der Waals surface area contributed by atoms with Gasteiger partial charge in [-0.05, 0) is 36.5 Å². The van der Waals surface area contributed by atoms with Crippen LogP contribution in [0, 0.1) is 5.92 Å². The Balaban J connectivity index is 2.09. The fraction of sp³-hybridized carbons (Fsp3) is 0.562. The number of benzene rings is 1. The van der Waals surface area contributed by atoms with Crippen molar-refractivity contribution in [2.45, 2.75) is 32.6 Å². The van der Waals surface area contributed by atoms with Crippen LogP contribution in [0.25, 0.3) is 0 Å². The highest BCUT2D eigenvalue weighted by atomic mass is 16.5. The number of aromatic hydroxyl groups is 1. The van der Waals surface area contributed by atoms with Crippen LogP contribution in [0.15, 0.2) is 18.2 Å². The van der Waals surface area contributed by atoms with Crippen LogP contribution in [0.1, 0.15) is 38.2 Å². The first kappa shape index (κ1) is 14.7. The van der Waals surface area contributed by atoms with E-state index in [-0.39, 0.29) is 11.9 Å². The van der Waals surface area contributed by atoms with Crippen molar-refractivity contribution in [3.05, 3.63) is 23.8 Å². The number of ether oxygens (including phenoxy) is 1. The molecule has 1 aliphatic rings. The van der Waals surface area contributed by atoms with E-state index in [0.717, 1.165) is 37.2 Å². The molecular formula is C16H23NO3. The lowest BCUT2D eigenvalue weighted by atomic mass is 9.95. The molecule has 4 heteroatoms. The Hall–Kier alpha value is -1.71. The second-order valence-corrected chi connectivity index (χ2v) is 5.72. The van der Waals surface area contributed by atoms with E-state index < -0.39 is 0 Å². The predicted octanol–water partition coefficient (Wildman–Crippen LogP) is 2.91. The van der Waals surface area contributed by atoms with Gasteiger partial charge < -0.3 is 14.7 Å². The SMILES string of the molecule is COC(=O)C1CCN(c2cc(O)cc(C(C)C)c2)CC1. The average Bonchev–Trinajstić information content (AvgIpc) is 2.46. The number of anilines is 1. The highest BCUT2D eigenvalue weighted by Gasteiger charge is 2.26. The Morgan fingerprint density at radius 1 is 1.30 bits per heavy atom. The third kappa shape index (κ3) is 3.24. The van der Waals surface area contributed by atoms with Gasteiger partial charge in [0.05, 0.1) is 13.0 Å². The summed E-state index contributed by atoms with van der Waals surface area (Å²) >= 11 is 0. The Kier molecular flexibility index (Phi) is 4.53. The van der Waals surface area contributed by atoms with Crippen LogP contribution in [0.2, 0.25) is 0 Å². The fourth-order valence-electron chi connectivity index (χ4n) is 2.67.